The van der Waals surface area contributed by atoms with Crippen molar-refractivity contribution >= 4 is 0 Å². The highest BCUT2D eigenvalue weighted by atomic mass is 15.1. The lowest BCUT2D eigenvalue weighted by Gasteiger charge is -2.45. The summed E-state index contributed by atoms with van der Waals surface area (Å²) in [6.07, 6.45) is 10.5. The molecule has 0 aromatic carbocycles. The Kier molecular flexibility index (Phi) is 6.35. The molecule has 1 atom stereocenters. The first kappa shape index (κ1) is 16.3. The van der Waals surface area contributed by atoms with Crippen LogP contribution in [0.3, 0.4) is 0 Å². The highest BCUT2D eigenvalue weighted by Crippen LogP contribution is 2.44. The van der Waals surface area contributed by atoms with Gasteiger partial charge in [0, 0.05) is 6.54 Å². The fourth-order valence-corrected chi connectivity index (χ4v) is 4.14. The van der Waals surface area contributed by atoms with Crippen LogP contribution in [0.15, 0.2) is 0 Å². The van der Waals surface area contributed by atoms with Crippen molar-refractivity contribution in [3.8, 4) is 0 Å². The molecular formula is C18H36N2. The van der Waals surface area contributed by atoms with Crippen LogP contribution in [0.2, 0.25) is 0 Å². The van der Waals surface area contributed by atoms with E-state index in [0.717, 1.165) is 23.8 Å². The number of hydrogen-bond donors (Lipinski definition) is 1. The van der Waals surface area contributed by atoms with Gasteiger partial charge in [-0.25, -0.2) is 0 Å². The summed E-state index contributed by atoms with van der Waals surface area (Å²) in [7, 11) is 0. The maximum Gasteiger partial charge on any atom is 0.00191 e. The molecule has 1 aliphatic carbocycles. The van der Waals surface area contributed by atoms with Crippen LogP contribution in [0.25, 0.3) is 0 Å². The van der Waals surface area contributed by atoms with E-state index < -0.39 is 0 Å². The van der Waals surface area contributed by atoms with Gasteiger partial charge in [0.2, 0.25) is 0 Å². The first-order valence-electron chi connectivity index (χ1n) is 9.03. The molecule has 1 spiro atoms. The van der Waals surface area contributed by atoms with Crippen molar-refractivity contribution in [2.45, 2.75) is 65.7 Å². The Hall–Kier alpha value is -0.0800. The molecule has 1 heterocycles. The van der Waals surface area contributed by atoms with Gasteiger partial charge in [-0.15, -0.1) is 0 Å². The van der Waals surface area contributed by atoms with E-state index in [2.05, 4.69) is 31.0 Å². The largest absolute Gasteiger partial charge is 0.316 e. The number of nitrogens with zero attached hydrogens (tertiary/aromatic N) is 1. The van der Waals surface area contributed by atoms with Gasteiger partial charge in [-0.3, -0.25) is 0 Å². The summed E-state index contributed by atoms with van der Waals surface area (Å²) >= 11 is 0. The first-order chi connectivity index (χ1) is 9.60. The minimum Gasteiger partial charge on any atom is -0.316 e. The van der Waals surface area contributed by atoms with E-state index in [-0.39, 0.29) is 0 Å². The second kappa shape index (κ2) is 7.79. The van der Waals surface area contributed by atoms with Gasteiger partial charge in [0.05, 0.1) is 0 Å². The summed E-state index contributed by atoms with van der Waals surface area (Å²) in [6.45, 7) is 13.3. The van der Waals surface area contributed by atoms with Gasteiger partial charge in [-0.1, -0.05) is 40.0 Å². The highest BCUT2D eigenvalue weighted by molar-refractivity contribution is 4.88. The molecule has 1 N–H and O–H groups in total. The molecule has 1 aliphatic heterocycles. The highest BCUT2D eigenvalue weighted by Gasteiger charge is 2.35. The van der Waals surface area contributed by atoms with Crippen LogP contribution in [0.4, 0.5) is 0 Å². The molecule has 0 aromatic heterocycles. The van der Waals surface area contributed by atoms with E-state index >= 15 is 0 Å². The summed E-state index contributed by atoms with van der Waals surface area (Å²) in [5.74, 6) is 1.55. The molecular weight excluding hydrogens is 244 g/mol. The van der Waals surface area contributed by atoms with Crippen molar-refractivity contribution in [2.24, 2.45) is 17.3 Å². The van der Waals surface area contributed by atoms with Crippen LogP contribution < -0.4 is 5.32 Å². The summed E-state index contributed by atoms with van der Waals surface area (Å²) < 4.78 is 0. The molecule has 0 radical (unpaired) electrons. The quantitative estimate of drug-likeness (QED) is 0.793. The van der Waals surface area contributed by atoms with E-state index in [4.69, 9.17) is 0 Å². The van der Waals surface area contributed by atoms with E-state index in [0.29, 0.717) is 0 Å². The molecule has 118 valence electrons. The Labute approximate surface area is 126 Å². The molecule has 20 heavy (non-hydrogen) atoms. The smallest absolute Gasteiger partial charge is 0.00191 e. The monoisotopic (exact) mass is 280 g/mol. The summed E-state index contributed by atoms with van der Waals surface area (Å²) in [5, 5.41) is 3.60. The van der Waals surface area contributed by atoms with Crippen LogP contribution in [0, 0.1) is 17.3 Å². The van der Waals surface area contributed by atoms with Gasteiger partial charge in [0.1, 0.15) is 0 Å². The topological polar surface area (TPSA) is 15.3 Å². The number of nitrogens with one attached hydrogen (secondary N) is 1. The predicted molar refractivity (Wildman–Crippen MR) is 88.1 cm³/mol. The Balaban J connectivity index is 1.63. The zero-order chi connectivity index (χ0) is 14.4. The minimum absolute atomic E-state index is 0.758. The van der Waals surface area contributed by atoms with Crippen molar-refractivity contribution in [1.82, 2.24) is 10.2 Å². The molecule has 2 rings (SSSR count). The maximum absolute atomic E-state index is 3.60. The van der Waals surface area contributed by atoms with Gasteiger partial charge in [0.25, 0.3) is 0 Å². The predicted octanol–water partition coefficient (Wildman–Crippen LogP) is 3.91. The molecule has 0 aromatic rings. The van der Waals surface area contributed by atoms with E-state index in [1.54, 1.807) is 0 Å². The van der Waals surface area contributed by atoms with Gasteiger partial charge in [-0.2, -0.15) is 0 Å². The lowest BCUT2D eigenvalue weighted by molar-refractivity contribution is 0.0609. The Morgan fingerprint density at radius 3 is 2.15 bits per heavy atom. The molecule has 1 saturated carbocycles. The normalized spacial score (nSPS) is 25.2. The van der Waals surface area contributed by atoms with Crippen LogP contribution in [0.1, 0.15) is 65.7 Å². The fraction of sp³-hybridized carbons (Fsp3) is 1.00. The number of rotatable bonds is 6. The van der Waals surface area contributed by atoms with E-state index in [1.165, 1.54) is 71.1 Å². The number of piperidine rings is 1. The van der Waals surface area contributed by atoms with Crippen molar-refractivity contribution in [3.63, 3.8) is 0 Å². The summed E-state index contributed by atoms with van der Waals surface area (Å²) in [5.41, 5.74) is 0.758. The zero-order valence-corrected chi connectivity index (χ0v) is 14.1. The maximum atomic E-state index is 3.60. The van der Waals surface area contributed by atoms with Crippen LogP contribution in [0.5, 0.6) is 0 Å². The lowest BCUT2D eigenvalue weighted by atomic mass is 9.68. The molecule has 0 amide bonds. The van der Waals surface area contributed by atoms with Gasteiger partial charge in [-0.05, 0) is 69.1 Å². The third kappa shape index (κ3) is 5.04. The van der Waals surface area contributed by atoms with E-state index in [1.807, 2.05) is 0 Å². The zero-order valence-electron chi connectivity index (χ0n) is 14.1. The molecule has 2 aliphatic rings. The number of hydrogen-bond acceptors (Lipinski definition) is 2. The average molecular weight is 280 g/mol. The molecule has 1 unspecified atom stereocenters. The second-order valence-corrected chi connectivity index (χ2v) is 8.02. The molecule has 2 nitrogen and oxygen atoms in total. The van der Waals surface area contributed by atoms with Crippen LogP contribution >= 0.6 is 0 Å². The van der Waals surface area contributed by atoms with Crippen molar-refractivity contribution in [1.29, 1.82) is 0 Å². The van der Waals surface area contributed by atoms with Gasteiger partial charge >= 0.3 is 0 Å². The number of likely N-dealkylation sites (tertiary alicyclic amines) is 1. The van der Waals surface area contributed by atoms with Crippen LogP contribution in [-0.4, -0.2) is 37.6 Å². The van der Waals surface area contributed by atoms with Crippen molar-refractivity contribution in [2.75, 3.05) is 32.7 Å². The van der Waals surface area contributed by atoms with E-state index in [9.17, 15) is 0 Å². The first-order valence-corrected chi connectivity index (χ1v) is 9.03. The standard InChI is InChI=1S/C18H36N2/c1-16(2)13-19-14-17(3)15-20-11-9-18(10-12-20)7-5-4-6-8-18/h16-17,19H,4-15H2,1-3H3. The second-order valence-electron chi connectivity index (χ2n) is 8.02. The molecule has 1 saturated heterocycles. The Morgan fingerprint density at radius 1 is 0.900 bits per heavy atom. The fourth-order valence-electron chi connectivity index (χ4n) is 4.14. The average Bonchev–Trinajstić information content (AvgIpc) is 2.42. The lowest BCUT2D eigenvalue weighted by Crippen LogP contribution is -2.43. The molecule has 0 bridgehead atoms. The summed E-state index contributed by atoms with van der Waals surface area (Å²) in [4.78, 5) is 2.72. The van der Waals surface area contributed by atoms with Crippen molar-refractivity contribution < 1.29 is 0 Å². The molecule has 2 fully saturated rings. The van der Waals surface area contributed by atoms with Crippen molar-refractivity contribution in [3.05, 3.63) is 0 Å². The Morgan fingerprint density at radius 2 is 1.55 bits per heavy atom. The minimum atomic E-state index is 0.758. The van der Waals surface area contributed by atoms with Gasteiger partial charge < -0.3 is 10.2 Å². The van der Waals surface area contributed by atoms with Crippen LogP contribution in [-0.2, 0) is 0 Å². The van der Waals surface area contributed by atoms with Gasteiger partial charge in [0.15, 0.2) is 0 Å². The molecule has 2 heteroatoms. The SMILES string of the molecule is CC(C)CNCC(C)CN1CCC2(CCCCC2)CC1. The third-order valence-corrected chi connectivity index (χ3v) is 5.45. The Bertz CT molecular complexity index is 259. The summed E-state index contributed by atoms with van der Waals surface area (Å²) in [6, 6.07) is 0. The third-order valence-electron chi connectivity index (χ3n) is 5.45.